The van der Waals surface area contributed by atoms with Crippen LogP contribution < -0.4 is 4.74 Å². The first kappa shape index (κ1) is 14.4. The van der Waals surface area contributed by atoms with Crippen molar-refractivity contribution in [2.45, 2.75) is 58.5 Å². The molecule has 1 aromatic carbocycles. The Morgan fingerprint density at radius 2 is 1.95 bits per heavy atom. The Morgan fingerprint density at radius 1 is 1.21 bits per heavy atom. The standard InChI is InChI=1S/C17H25FO/c1-3-13-8-10-14(11-9-13)17(4-2)19-16-7-5-6-15(18)12-16/h5-7,12-14,17H,3-4,8-11H2,1-2H3. The van der Waals surface area contributed by atoms with Crippen LogP contribution in [0.5, 0.6) is 5.75 Å². The first-order valence-corrected chi connectivity index (χ1v) is 7.65. The van der Waals surface area contributed by atoms with Crippen LogP contribution in [0.2, 0.25) is 0 Å². The fraction of sp³-hybridized carbons (Fsp3) is 0.647. The van der Waals surface area contributed by atoms with Crippen LogP contribution in [0.1, 0.15) is 52.4 Å². The smallest absolute Gasteiger partial charge is 0.126 e. The summed E-state index contributed by atoms with van der Waals surface area (Å²) in [5.74, 6) is 1.99. The summed E-state index contributed by atoms with van der Waals surface area (Å²) in [7, 11) is 0. The predicted octanol–water partition coefficient (Wildman–Crippen LogP) is 5.20. The largest absolute Gasteiger partial charge is 0.490 e. The topological polar surface area (TPSA) is 9.23 Å². The molecule has 2 heteroatoms. The number of hydrogen-bond acceptors (Lipinski definition) is 1. The average Bonchev–Trinajstić information content (AvgIpc) is 2.45. The number of ether oxygens (including phenoxy) is 1. The zero-order valence-electron chi connectivity index (χ0n) is 12.1. The van der Waals surface area contributed by atoms with E-state index < -0.39 is 0 Å². The van der Waals surface area contributed by atoms with Crippen LogP contribution in [0.3, 0.4) is 0 Å². The van der Waals surface area contributed by atoms with Crippen molar-refractivity contribution in [1.82, 2.24) is 0 Å². The molecule has 2 rings (SSSR count). The average molecular weight is 264 g/mol. The maximum absolute atomic E-state index is 13.2. The highest BCUT2D eigenvalue weighted by atomic mass is 19.1. The minimum atomic E-state index is -0.220. The van der Waals surface area contributed by atoms with E-state index in [0.29, 0.717) is 11.7 Å². The fourth-order valence-electron chi connectivity index (χ4n) is 3.20. The third kappa shape index (κ3) is 3.95. The Hall–Kier alpha value is -1.05. The molecule has 0 aliphatic heterocycles. The lowest BCUT2D eigenvalue weighted by molar-refractivity contribution is 0.0904. The molecule has 0 N–H and O–H groups in total. The van der Waals surface area contributed by atoms with Gasteiger partial charge in [0.05, 0.1) is 0 Å². The van der Waals surface area contributed by atoms with Crippen LogP contribution >= 0.6 is 0 Å². The molecule has 0 amide bonds. The summed E-state index contributed by atoms with van der Waals surface area (Å²) in [6.45, 7) is 4.45. The Kier molecular flexibility index (Phi) is 5.24. The van der Waals surface area contributed by atoms with Gasteiger partial charge >= 0.3 is 0 Å². The van der Waals surface area contributed by atoms with Crippen LogP contribution in [-0.4, -0.2) is 6.10 Å². The summed E-state index contributed by atoms with van der Waals surface area (Å²) in [5, 5.41) is 0. The number of hydrogen-bond donors (Lipinski definition) is 0. The van der Waals surface area contributed by atoms with E-state index in [2.05, 4.69) is 13.8 Å². The van der Waals surface area contributed by atoms with Gasteiger partial charge in [-0.25, -0.2) is 4.39 Å². The highest BCUT2D eigenvalue weighted by molar-refractivity contribution is 5.22. The van der Waals surface area contributed by atoms with E-state index in [1.165, 1.54) is 44.2 Å². The Balaban J connectivity index is 1.93. The van der Waals surface area contributed by atoms with Crippen molar-refractivity contribution in [3.8, 4) is 5.75 Å². The second-order valence-electron chi connectivity index (χ2n) is 5.71. The van der Waals surface area contributed by atoms with Gasteiger partial charge in [0.15, 0.2) is 0 Å². The van der Waals surface area contributed by atoms with Crippen LogP contribution in [0, 0.1) is 17.7 Å². The van der Waals surface area contributed by atoms with E-state index in [1.54, 1.807) is 6.07 Å². The molecule has 106 valence electrons. The van der Waals surface area contributed by atoms with Crippen molar-refractivity contribution in [2.24, 2.45) is 11.8 Å². The highest BCUT2D eigenvalue weighted by Crippen LogP contribution is 2.34. The molecule has 1 saturated carbocycles. The van der Waals surface area contributed by atoms with E-state index in [0.717, 1.165) is 12.3 Å². The zero-order valence-corrected chi connectivity index (χ0v) is 12.1. The molecule has 1 aromatic rings. The van der Waals surface area contributed by atoms with Gasteiger partial charge in [-0.05, 0) is 43.2 Å². The normalized spacial score (nSPS) is 25.0. The Morgan fingerprint density at radius 3 is 2.53 bits per heavy atom. The molecule has 1 unspecified atom stereocenters. The van der Waals surface area contributed by atoms with Crippen molar-refractivity contribution in [3.63, 3.8) is 0 Å². The summed E-state index contributed by atoms with van der Waals surface area (Å²) >= 11 is 0. The first-order valence-electron chi connectivity index (χ1n) is 7.65. The van der Waals surface area contributed by atoms with E-state index in [9.17, 15) is 4.39 Å². The van der Waals surface area contributed by atoms with E-state index in [-0.39, 0.29) is 11.9 Å². The van der Waals surface area contributed by atoms with E-state index in [4.69, 9.17) is 4.74 Å². The summed E-state index contributed by atoms with van der Waals surface area (Å²) in [6, 6.07) is 6.51. The molecule has 1 aliphatic carbocycles. The number of halogens is 1. The van der Waals surface area contributed by atoms with Gasteiger partial charge in [0.2, 0.25) is 0 Å². The summed E-state index contributed by atoms with van der Waals surface area (Å²) in [4.78, 5) is 0. The Labute approximate surface area is 116 Å². The Bertz CT molecular complexity index is 383. The van der Waals surface area contributed by atoms with Crippen molar-refractivity contribution >= 4 is 0 Å². The number of benzene rings is 1. The first-order chi connectivity index (χ1) is 9.22. The molecule has 1 atom stereocenters. The number of rotatable bonds is 5. The minimum absolute atomic E-state index is 0.220. The maximum atomic E-state index is 13.2. The van der Waals surface area contributed by atoms with Gasteiger partial charge in [-0.2, -0.15) is 0 Å². The SMILES string of the molecule is CCC1CCC(C(CC)Oc2cccc(F)c2)CC1. The molecule has 0 radical (unpaired) electrons. The molecule has 1 fully saturated rings. The quantitative estimate of drug-likeness (QED) is 0.710. The molecule has 19 heavy (non-hydrogen) atoms. The third-order valence-corrected chi connectivity index (χ3v) is 4.48. The molecule has 0 bridgehead atoms. The van der Waals surface area contributed by atoms with Crippen molar-refractivity contribution in [3.05, 3.63) is 30.1 Å². The summed E-state index contributed by atoms with van der Waals surface area (Å²) < 4.78 is 19.2. The lowest BCUT2D eigenvalue weighted by Gasteiger charge is -2.33. The third-order valence-electron chi connectivity index (χ3n) is 4.48. The van der Waals surface area contributed by atoms with Crippen molar-refractivity contribution < 1.29 is 9.13 Å². The van der Waals surface area contributed by atoms with Crippen LogP contribution in [0.25, 0.3) is 0 Å². The lowest BCUT2D eigenvalue weighted by atomic mass is 9.78. The molecule has 0 aromatic heterocycles. The monoisotopic (exact) mass is 264 g/mol. The van der Waals surface area contributed by atoms with Crippen LogP contribution in [0.4, 0.5) is 4.39 Å². The van der Waals surface area contributed by atoms with E-state index >= 15 is 0 Å². The van der Waals surface area contributed by atoms with Crippen molar-refractivity contribution in [1.29, 1.82) is 0 Å². The van der Waals surface area contributed by atoms with Crippen LogP contribution in [0.15, 0.2) is 24.3 Å². The van der Waals surface area contributed by atoms with Gasteiger partial charge < -0.3 is 4.74 Å². The fourth-order valence-corrected chi connectivity index (χ4v) is 3.20. The summed E-state index contributed by atoms with van der Waals surface area (Å²) in [6.07, 6.45) is 7.69. The second-order valence-corrected chi connectivity index (χ2v) is 5.71. The van der Waals surface area contributed by atoms with Crippen molar-refractivity contribution in [2.75, 3.05) is 0 Å². The molecule has 0 saturated heterocycles. The predicted molar refractivity (Wildman–Crippen MR) is 76.8 cm³/mol. The highest BCUT2D eigenvalue weighted by Gasteiger charge is 2.27. The minimum Gasteiger partial charge on any atom is -0.490 e. The van der Waals surface area contributed by atoms with Crippen LogP contribution in [-0.2, 0) is 0 Å². The van der Waals surface area contributed by atoms with Gasteiger partial charge in [0, 0.05) is 6.07 Å². The van der Waals surface area contributed by atoms with Gasteiger partial charge in [0.25, 0.3) is 0 Å². The molecule has 1 nitrogen and oxygen atoms in total. The summed E-state index contributed by atoms with van der Waals surface area (Å²) in [5.41, 5.74) is 0. The van der Waals surface area contributed by atoms with Gasteiger partial charge in [-0.1, -0.05) is 39.2 Å². The lowest BCUT2D eigenvalue weighted by Crippen LogP contribution is -2.30. The molecule has 0 heterocycles. The van der Waals surface area contributed by atoms with Gasteiger partial charge in [-0.3, -0.25) is 0 Å². The van der Waals surface area contributed by atoms with Gasteiger partial charge in [-0.15, -0.1) is 0 Å². The molecular weight excluding hydrogens is 239 g/mol. The second kappa shape index (κ2) is 6.93. The molecule has 0 spiro atoms. The molecule has 1 aliphatic rings. The van der Waals surface area contributed by atoms with E-state index in [1.807, 2.05) is 6.07 Å². The maximum Gasteiger partial charge on any atom is 0.126 e. The molecular formula is C17H25FO. The zero-order chi connectivity index (χ0) is 13.7. The van der Waals surface area contributed by atoms with Gasteiger partial charge in [0.1, 0.15) is 17.7 Å².